The van der Waals surface area contributed by atoms with E-state index in [1.54, 1.807) is 20.8 Å². The van der Waals surface area contributed by atoms with Crippen molar-refractivity contribution >= 4 is 17.9 Å². The molecule has 1 aliphatic rings. The lowest BCUT2D eigenvalue weighted by molar-refractivity contribution is -0.137. The maximum atomic E-state index is 13.7. The monoisotopic (exact) mass is 447 g/mol. The Morgan fingerprint density at radius 1 is 1.19 bits per heavy atom. The van der Waals surface area contributed by atoms with Crippen LogP contribution in [0.1, 0.15) is 43.1 Å². The quantitative estimate of drug-likeness (QED) is 0.680. The van der Waals surface area contributed by atoms with Crippen LogP contribution in [0.5, 0.6) is 0 Å². The SMILES string of the molecule is CC(C)(C)OC(=O)N1CCC(CF)(NC(=O)CNC(=O)c2cccc(C(F)(F)F)c2)C1. The van der Waals surface area contributed by atoms with Gasteiger partial charge in [0.2, 0.25) is 5.91 Å². The highest BCUT2D eigenvalue weighted by atomic mass is 19.4. The summed E-state index contributed by atoms with van der Waals surface area (Å²) in [5, 5.41) is 4.69. The van der Waals surface area contributed by atoms with Gasteiger partial charge in [-0.2, -0.15) is 13.2 Å². The van der Waals surface area contributed by atoms with Crippen LogP contribution in [0.3, 0.4) is 0 Å². The number of carbonyl (C=O) groups excluding carboxylic acids is 3. The van der Waals surface area contributed by atoms with E-state index in [0.29, 0.717) is 6.07 Å². The number of nitrogens with zero attached hydrogens (tertiary/aromatic N) is 1. The molecule has 2 N–H and O–H groups in total. The number of hydrogen-bond acceptors (Lipinski definition) is 4. The second-order valence-corrected chi connectivity index (χ2v) is 8.38. The van der Waals surface area contributed by atoms with E-state index >= 15 is 0 Å². The minimum atomic E-state index is -4.61. The lowest BCUT2D eigenvalue weighted by atomic mass is 10.0. The zero-order valence-corrected chi connectivity index (χ0v) is 17.4. The third-order valence-corrected chi connectivity index (χ3v) is 4.53. The number of benzene rings is 1. The van der Waals surface area contributed by atoms with Gasteiger partial charge in [0.15, 0.2) is 0 Å². The largest absolute Gasteiger partial charge is 0.444 e. The van der Waals surface area contributed by atoms with Crippen LogP contribution in [0, 0.1) is 0 Å². The molecule has 3 amide bonds. The van der Waals surface area contributed by atoms with Gasteiger partial charge in [-0.1, -0.05) is 6.07 Å². The minimum absolute atomic E-state index is 0.105. The van der Waals surface area contributed by atoms with E-state index < -0.39 is 54.0 Å². The van der Waals surface area contributed by atoms with Crippen molar-refractivity contribution in [1.29, 1.82) is 0 Å². The fourth-order valence-electron chi connectivity index (χ4n) is 3.04. The molecular weight excluding hydrogens is 422 g/mol. The van der Waals surface area contributed by atoms with Crippen LogP contribution in [-0.4, -0.2) is 60.3 Å². The van der Waals surface area contributed by atoms with Gasteiger partial charge in [-0.05, 0) is 45.4 Å². The number of amides is 3. The first kappa shape index (κ1) is 24.4. The minimum Gasteiger partial charge on any atom is -0.444 e. The van der Waals surface area contributed by atoms with Crippen molar-refractivity contribution in [1.82, 2.24) is 15.5 Å². The molecule has 2 rings (SSSR count). The van der Waals surface area contributed by atoms with Crippen LogP contribution >= 0.6 is 0 Å². The van der Waals surface area contributed by atoms with E-state index in [0.717, 1.165) is 12.1 Å². The van der Waals surface area contributed by atoms with Crippen molar-refractivity contribution in [2.45, 2.75) is 44.5 Å². The molecule has 1 saturated heterocycles. The summed E-state index contributed by atoms with van der Waals surface area (Å²) in [5.74, 6) is -1.61. The van der Waals surface area contributed by atoms with Crippen molar-refractivity contribution < 1.29 is 36.7 Å². The molecule has 0 spiro atoms. The summed E-state index contributed by atoms with van der Waals surface area (Å²) < 4.78 is 57.3. The molecule has 1 aromatic rings. The number of alkyl halides is 4. The van der Waals surface area contributed by atoms with Gasteiger partial charge in [0, 0.05) is 18.7 Å². The predicted molar refractivity (Wildman–Crippen MR) is 103 cm³/mol. The van der Waals surface area contributed by atoms with Crippen molar-refractivity contribution in [2.75, 3.05) is 26.3 Å². The van der Waals surface area contributed by atoms with Gasteiger partial charge in [-0.3, -0.25) is 9.59 Å². The van der Waals surface area contributed by atoms with Gasteiger partial charge in [-0.15, -0.1) is 0 Å². The summed E-state index contributed by atoms with van der Waals surface area (Å²) in [6.07, 6.45) is -5.09. The van der Waals surface area contributed by atoms with Crippen LogP contribution < -0.4 is 10.6 Å². The van der Waals surface area contributed by atoms with Crippen LogP contribution in [-0.2, 0) is 15.7 Å². The summed E-state index contributed by atoms with van der Waals surface area (Å²) in [4.78, 5) is 37.7. The smallest absolute Gasteiger partial charge is 0.416 e. The zero-order chi connectivity index (χ0) is 23.4. The molecule has 7 nitrogen and oxygen atoms in total. The van der Waals surface area contributed by atoms with Crippen molar-refractivity contribution in [3.8, 4) is 0 Å². The average molecular weight is 447 g/mol. The van der Waals surface area contributed by atoms with Gasteiger partial charge < -0.3 is 20.3 Å². The first-order valence-corrected chi connectivity index (χ1v) is 9.55. The average Bonchev–Trinajstić information content (AvgIpc) is 3.09. The Balaban J connectivity index is 1.93. The lowest BCUT2D eigenvalue weighted by Gasteiger charge is -2.29. The van der Waals surface area contributed by atoms with Gasteiger partial charge in [0.25, 0.3) is 5.91 Å². The van der Waals surface area contributed by atoms with E-state index in [9.17, 15) is 31.9 Å². The van der Waals surface area contributed by atoms with Gasteiger partial charge >= 0.3 is 12.3 Å². The molecule has 1 aliphatic heterocycles. The Bertz CT molecular complexity index is 838. The fraction of sp³-hybridized carbons (Fsp3) is 0.550. The number of hydrogen-bond donors (Lipinski definition) is 2. The van der Waals surface area contributed by atoms with Crippen molar-refractivity contribution in [2.24, 2.45) is 0 Å². The van der Waals surface area contributed by atoms with E-state index in [-0.39, 0.29) is 25.1 Å². The maximum Gasteiger partial charge on any atom is 0.416 e. The van der Waals surface area contributed by atoms with Crippen molar-refractivity contribution in [3.05, 3.63) is 35.4 Å². The van der Waals surface area contributed by atoms with Gasteiger partial charge in [0.05, 0.1) is 17.6 Å². The first-order valence-electron chi connectivity index (χ1n) is 9.55. The zero-order valence-electron chi connectivity index (χ0n) is 17.4. The first-order chi connectivity index (χ1) is 14.2. The molecule has 172 valence electrons. The summed E-state index contributed by atoms with van der Waals surface area (Å²) in [7, 11) is 0. The molecule has 0 bridgehead atoms. The Labute approximate surface area is 177 Å². The van der Waals surface area contributed by atoms with E-state index in [4.69, 9.17) is 4.74 Å². The molecule has 0 aromatic heterocycles. The highest BCUT2D eigenvalue weighted by Gasteiger charge is 2.42. The summed E-state index contributed by atoms with van der Waals surface area (Å²) in [5.41, 5.74) is -3.31. The van der Waals surface area contributed by atoms with E-state index in [2.05, 4.69) is 10.6 Å². The Morgan fingerprint density at radius 2 is 1.87 bits per heavy atom. The molecule has 0 aliphatic carbocycles. The number of halogens is 4. The normalized spacial score (nSPS) is 19.1. The van der Waals surface area contributed by atoms with Crippen LogP contribution in [0.4, 0.5) is 22.4 Å². The second-order valence-electron chi connectivity index (χ2n) is 8.38. The number of rotatable bonds is 5. The van der Waals surface area contributed by atoms with Crippen molar-refractivity contribution in [3.63, 3.8) is 0 Å². The number of carbonyl (C=O) groups is 3. The number of ether oxygens (including phenoxy) is 1. The van der Waals surface area contributed by atoms with Gasteiger partial charge in [0.1, 0.15) is 12.3 Å². The predicted octanol–water partition coefficient (Wildman–Crippen LogP) is 2.90. The molecule has 1 unspecified atom stereocenters. The molecule has 1 heterocycles. The summed E-state index contributed by atoms with van der Waals surface area (Å²) >= 11 is 0. The molecule has 1 aromatic carbocycles. The standard InChI is InChI=1S/C20H25F4N3O4/c1-18(2,3)31-17(30)27-8-7-19(11-21,12-27)26-15(28)10-25-16(29)13-5-4-6-14(9-13)20(22,23)24/h4-6,9H,7-8,10-12H2,1-3H3,(H,25,29)(H,26,28). The highest BCUT2D eigenvalue weighted by Crippen LogP contribution is 2.29. The number of likely N-dealkylation sites (tertiary alicyclic amines) is 1. The molecule has 1 atom stereocenters. The van der Waals surface area contributed by atoms with E-state index in [1.807, 2.05) is 0 Å². The number of nitrogens with one attached hydrogen (secondary N) is 2. The molecular formula is C20H25F4N3O4. The Kier molecular flexibility index (Phi) is 7.17. The molecule has 31 heavy (non-hydrogen) atoms. The molecule has 1 fully saturated rings. The van der Waals surface area contributed by atoms with E-state index in [1.165, 1.54) is 11.0 Å². The Morgan fingerprint density at radius 3 is 2.45 bits per heavy atom. The topological polar surface area (TPSA) is 87.7 Å². The summed E-state index contributed by atoms with van der Waals surface area (Å²) in [6, 6.07) is 3.76. The lowest BCUT2D eigenvalue weighted by Crippen LogP contribution is -2.55. The Hall–Kier alpha value is -2.85. The van der Waals surface area contributed by atoms with Gasteiger partial charge in [-0.25, -0.2) is 9.18 Å². The third-order valence-electron chi connectivity index (χ3n) is 4.53. The molecule has 0 radical (unpaired) electrons. The summed E-state index contributed by atoms with van der Waals surface area (Å²) in [6.45, 7) is 3.64. The third kappa shape index (κ3) is 6.83. The molecule has 11 heteroatoms. The fourth-order valence-corrected chi connectivity index (χ4v) is 3.04. The highest BCUT2D eigenvalue weighted by molar-refractivity contribution is 5.96. The van der Waals surface area contributed by atoms with Crippen LogP contribution in [0.2, 0.25) is 0 Å². The van der Waals surface area contributed by atoms with Crippen LogP contribution in [0.25, 0.3) is 0 Å². The maximum absolute atomic E-state index is 13.7. The molecule has 0 saturated carbocycles. The van der Waals surface area contributed by atoms with Crippen LogP contribution in [0.15, 0.2) is 24.3 Å². The second kappa shape index (κ2) is 9.11.